The first-order valence-corrected chi connectivity index (χ1v) is 10.3. The Hall–Kier alpha value is -2.67. The fourth-order valence-electron chi connectivity index (χ4n) is 3.08. The van der Waals surface area contributed by atoms with E-state index in [0.717, 1.165) is 24.2 Å². The summed E-state index contributed by atoms with van der Waals surface area (Å²) in [4.78, 5) is 42.0. The second kappa shape index (κ2) is 10.4. The van der Waals surface area contributed by atoms with Gasteiger partial charge in [-0.3, -0.25) is 14.4 Å². The third kappa shape index (κ3) is 7.63. The van der Waals surface area contributed by atoms with Crippen LogP contribution in [0, 0.1) is 0 Å². The summed E-state index contributed by atoms with van der Waals surface area (Å²) < 4.78 is 5.36. The normalized spacial score (nSPS) is 14.6. The Morgan fingerprint density at radius 3 is 2.33 bits per heavy atom. The van der Waals surface area contributed by atoms with Crippen molar-refractivity contribution in [3.05, 3.63) is 35.9 Å². The number of nitrogens with zero attached hydrogens (tertiary/aromatic N) is 3. The first-order valence-electron chi connectivity index (χ1n) is 10.3. The first kappa shape index (κ1) is 23.6. The maximum Gasteiger partial charge on any atom is 0.326 e. The summed E-state index contributed by atoms with van der Waals surface area (Å²) in [5.41, 5.74) is 1.13. The van der Waals surface area contributed by atoms with Gasteiger partial charge in [-0.15, -0.1) is 0 Å². The van der Waals surface area contributed by atoms with Gasteiger partial charge in [0.15, 0.2) is 0 Å². The molecule has 2 rings (SSSR count). The minimum atomic E-state index is -0.596. The molecule has 1 aliphatic heterocycles. The van der Waals surface area contributed by atoms with E-state index in [0.29, 0.717) is 19.5 Å². The summed E-state index contributed by atoms with van der Waals surface area (Å²) in [6.45, 7) is 7.12. The van der Waals surface area contributed by atoms with Gasteiger partial charge in [0.05, 0.1) is 0 Å². The van der Waals surface area contributed by atoms with E-state index in [9.17, 15) is 14.4 Å². The Kier molecular flexibility index (Phi) is 8.17. The van der Waals surface area contributed by atoms with Gasteiger partial charge < -0.3 is 19.4 Å². The number of ether oxygens (including phenoxy) is 1. The van der Waals surface area contributed by atoms with Gasteiger partial charge in [-0.05, 0) is 65.1 Å². The number of esters is 1. The molecule has 1 heterocycles. The van der Waals surface area contributed by atoms with Crippen LogP contribution in [0.2, 0.25) is 0 Å². The predicted octanol–water partition coefficient (Wildman–Crippen LogP) is 2.56. The van der Waals surface area contributed by atoms with E-state index in [1.54, 1.807) is 31.7 Å². The largest absolute Gasteiger partial charge is 0.459 e. The number of rotatable bonds is 8. The molecule has 0 N–H and O–H groups in total. The van der Waals surface area contributed by atoms with Crippen LogP contribution in [0.5, 0.6) is 0 Å². The van der Waals surface area contributed by atoms with Gasteiger partial charge in [0.2, 0.25) is 11.8 Å². The number of carbonyl (C=O) groups is 3. The smallest absolute Gasteiger partial charge is 0.326 e. The van der Waals surface area contributed by atoms with Gasteiger partial charge in [0, 0.05) is 37.8 Å². The van der Waals surface area contributed by atoms with Crippen molar-refractivity contribution in [2.45, 2.75) is 39.2 Å². The molecule has 1 saturated heterocycles. The highest BCUT2D eigenvalue weighted by Gasteiger charge is 2.22. The molecule has 0 aromatic heterocycles. The van der Waals surface area contributed by atoms with Crippen LogP contribution in [-0.2, 0) is 19.1 Å². The van der Waals surface area contributed by atoms with E-state index in [-0.39, 0.29) is 18.4 Å². The van der Waals surface area contributed by atoms with E-state index in [4.69, 9.17) is 4.74 Å². The summed E-state index contributed by atoms with van der Waals surface area (Å²) in [7, 11) is 3.83. The van der Waals surface area contributed by atoms with Crippen LogP contribution in [0.1, 0.15) is 39.2 Å². The molecule has 164 valence electrons. The molecule has 1 aromatic carbocycles. The number of likely N-dealkylation sites (N-methyl/N-ethyl adjacent to an activating group) is 1. The summed E-state index contributed by atoms with van der Waals surface area (Å²) in [6.07, 6.45) is 4.66. The fourth-order valence-corrected chi connectivity index (χ4v) is 3.08. The van der Waals surface area contributed by atoms with Crippen molar-refractivity contribution in [1.82, 2.24) is 9.80 Å². The van der Waals surface area contributed by atoms with Gasteiger partial charge in [-0.25, -0.2) is 0 Å². The molecule has 7 heteroatoms. The number of hydrogen-bond acceptors (Lipinski definition) is 5. The van der Waals surface area contributed by atoms with Crippen molar-refractivity contribution < 1.29 is 19.1 Å². The number of hydrogen-bond donors (Lipinski definition) is 0. The molecule has 7 nitrogen and oxygen atoms in total. The first-order chi connectivity index (χ1) is 14.0. The molecular weight excluding hydrogens is 382 g/mol. The average molecular weight is 416 g/mol. The number of benzene rings is 1. The van der Waals surface area contributed by atoms with Gasteiger partial charge in [-0.2, -0.15) is 0 Å². The second-order valence-electron chi connectivity index (χ2n) is 8.72. The average Bonchev–Trinajstić information content (AvgIpc) is 3.08. The molecule has 0 aliphatic carbocycles. The van der Waals surface area contributed by atoms with E-state index < -0.39 is 11.6 Å². The Morgan fingerprint density at radius 2 is 1.80 bits per heavy atom. The topological polar surface area (TPSA) is 70.2 Å². The number of anilines is 1. The summed E-state index contributed by atoms with van der Waals surface area (Å²) in [5.74, 6) is -0.531. The Morgan fingerprint density at radius 1 is 1.13 bits per heavy atom. The Bertz CT molecular complexity index is 779. The zero-order chi connectivity index (χ0) is 22.3. The van der Waals surface area contributed by atoms with Crippen LogP contribution in [0.25, 0.3) is 6.08 Å². The van der Waals surface area contributed by atoms with Crippen LogP contribution < -0.4 is 4.90 Å². The molecule has 1 aliphatic rings. The van der Waals surface area contributed by atoms with E-state index >= 15 is 0 Å². The highest BCUT2D eigenvalue weighted by atomic mass is 16.6. The lowest BCUT2D eigenvalue weighted by Gasteiger charge is -2.25. The number of carbonyl (C=O) groups excluding carboxylic acids is 3. The van der Waals surface area contributed by atoms with Crippen LogP contribution in [0.4, 0.5) is 5.69 Å². The van der Waals surface area contributed by atoms with Crippen molar-refractivity contribution in [2.75, 3.05) is 45.2 Å². The molecule has 0 bridgehead atoms. The maximum absolute atomic E-state index is 12.7. The fraction of sp³-hybridized carbons (Fsp3) is 0.522. The van der Waals surface area contributed by atoms with Gasteiger partial charge in [-0.1, -0.05) is 12.1 Å². The van der Waals surface area contributed by atoms with Gasteiger partial charge >= 0.3 is 5.97 Å². The lowest BCUT2D eigenvalue weighted by Crippen LogP contribution is -2.41. The van der Waals surface area contributed by atoms with Crippen LogP contribution in [-0.4, -0.2) is 73.5 Å². The summed E-state index contributed by atoms with van der Waals surface area (Å²) >= 11 is 0. The van der Waals surface area contributed by atoms with Crippen LogP contribution >= 0.6 is 0 Å². The van der Waals surface area contributed by atoms with E-state index in [1.165, 1.54) is 11.0 Å². The molecule has 30 heavy (non-hydrogen) atoms. The monoisotopic (exact) mass is 415 g/mol. The summed E-state index contributed by atoms with van der Waals surface area (Å²) in [5, 5.41) is 0. The minimum Gasteiger partial charge on any atom is -0.459 e. The lowest BCUT2D eigenvalue weighted by molar-refractivity contribution is -0.158. The Balaban J connectivity index is 2.02. The van der Waals surface area contributed by atoms with Crippen LogP contribution in [0.15, 0.2) is 30.3 Å². The third-order valence-electron chi connectivity index (χ3n) is 4.57. The molecule has 1 fully saturated rings. The quantitative estimate of drug-likeness (QED) is 0.482. The van der Waals surface area contributed by atoms with Crippen molar-refractivity contribution in [2.24, 2.45) is 0 Å². The molecular formula is C23H33N3O4. The van der Waals surface area contributed by atoms with E-state index in [2.05, 4.69) is 0 Å². The van der Waals surface area contributed by atoms with Crippen molar-refractivity contribution in [3.63, 3.8) is 0 Å². The van der Waals surface area contributed by atoms with Crippen LogP contribution in [0.3, 0.4) is 0 Å². The minimum absolute atomic E-state index is 0.0930. The maximum atomic E-state index is 12.7. The van der Waals surface area contributed by atoms with Crippen molar-refractivity contribution in [1.29, 1.82) is 0 Å². The molecule has 2 amide bonds. The van der Waals surface area contributed by atoms with Crippen molar-refractivity contribution in [3.8, 4) is 0 Å². The van der Waals surface area contributed by atoms with Gasteiger partial charge in [0.1, 0.15) is 12.1 Å². The third-order valence-corrected chi connectivity index (χ3v) is 4.57. The van der Waals surface area contributed by atoms with E-state index in [1.807, 2.05) is 43.3 Å². The molecule has 0 radical (unpaired) electrons. The standard InChI is InChI=1S/C23H33N3O4/c1-23(2,3)30-22(29)17-25(16-15-24(4)5)20(27)13-10-18-8-11-19(12-9-18)26-14-6-7-21(26)28/h8-13H,6-7,14-17H2,1-5H3/b13-10+. The Labute approximate surface area is 179 Å². The molecule has 0 saturated carbocycles. The van der Waals surface area contributed by atoms with Gasteiger partial charge in [0.25, 0.3) is 0 Å². The highest BCUT2D eigenvalue weighted by molar-refractivity contribution is 5.96. The van der Waals surface area contributed by atoms with Crippen molar-refractivity contribution >= 4 is 29.5 Å². The number of amides is 2. The highest BCUT2D eigenvalue weighted by Crippen LogP contribution is 2.22. The molecule has 0 atom stereocenters. The zero-order valence-electron chi connectivity index (χ0n) is 18.7. The molecule has 0 unspecified atom stereocenters. The summed E-state index contributed by atoms with van der Waals surface area (Å²) in [6, 6.07) is 7.53. The SMILES string of the molecule is CN(C)CCN(CC(=O)OC(C)(C)C)C(=O)/C=C/c1ccc(N2CCCC2=O)cc1. The molecule has 0 spiro atoms. The zero-order valence-corrected chi connectivity index (χ0v) is 18.7. The predicted molar refractivity (Wildman–Crippen MR) is 118 cm³/mol. The lowest BCUT2D eigenvalue weighted by atomic mass is 10.2. The molecule has 1 aromatic rings. The second-order valence-corrected chi connectivity index (χ2v) is 8.72.